The molecule has 1 fully saturated rings. The minimum absolute atomic E-state index is 0.0515. The van der Waals surface area contributed by atoms with Crippen LogP contribution in [0.2, 0.25) is 0 Å². The van der Waals surface area contributed by atoms with E-state index in [0.29, 0.717) is 31.6 Å². The van der Waals surface area contributed by atoms with Gasteiger partial charge in [-0.3, -0.25) is 19.2 Å². The highest BCUT2D eigenvalue weighted by Crippen LogP contribution is 2.19. The van der Waals surface area contributed by atoms with Crippen LogP contribution in [0, 0.1) is 0 Å². The Balaban J connectivity index is 2.73. The van der Waals surface area contributed by atoms with Crippen molar-refractivity contribution in [2.24, 2.45) is 11.5 Å². The first-order valence-corrected chi connectivity index (χ1v) is 11.1. The lowest BCUT2D eigenvalue weighted by Crippen LogP contribution is -2.56. The molecule has 1 heterocycles. The van der Waals surface area contributed by atoms with Crippen LogP contribution in [0.25, 0.3) is 0 Å². The van der Waals surface area contributed by atoms with Crippen molar-refractivity contribution in [1.82, 2.24) is 15.5 Å². The largest absolute Gasteiger partial charge is 0.480 e. The Bertz CT molecular complexity index is 661. The molecule has 1 saturated heterocycles. The number of carbonyl (C=O) groups is 5. The second kappa shape index (κ2) is 12.4. The Morgan fingerprint density at radius 2 is 1.83 bits per heavy atom. The molecule has 0 bridgehead atoms. The third kappa shape index (κ3) is 7.82. The van der Waals surface area contributed by atoms with Crippen LogP contribution in [-0.4, -0.2) is 82.3 Å². The zero-order valence-electron chi connectivity index (χ0n) is 17.3. The van der Waals surface area contributed by atoms with E-state index in [1.807, 2.05) is 6.26 Å². The second-order valence-corrected chi connectivity index (χ2v) is 8.20. The number of aliphatic carboxylic acids is 1. The molecule has 1 rings (SSSR count). The molecular formula is C18H31N5O6S. The first-order valence-electron chi connectivity index (χ1n) is 9.75. The maximum Gasteiger partial charge on any atom is 0.326 e. The smallest absolute Gasteiger partial charge is 0.326 e. The zero-order valence-corrected chi connectivity index (χ0v) is 18.1. The predicted octanol–water partition coefficient (Wildman–Crippen LogP) is -1.60. The summed E-state index contributed by atoms with van der Waals surface area (Å²) in [6.45, 7) is 1.77. The molecule has 0 saturated carbocycles. The van der Waals surface area contributed by atoms with Crippen LogP contribution in [0.3, 0.4) is 0 Å². The van der Waals surface area contributed by atoms with Crippen LogP contribution < -0.4 is 22.1 Å². The number of carboxylic acids is 1. The highest BCUT2D eigenvalue weighted by molar-refractivity contribution is 7.98. The quantitative estimate of drug-likeness (QED) is 0.238. The van der Waals surface area contributed by atoms with Crippen molar-refractivity contribution < 1.29 is 29.1 Å². The van der Waals surface area contributed by atoms with Gasteiger partial charge in [-0.2, -0.15) is 11.8 Å². The topological polar surface area (TPSA) is 185 Å². The van der Waals surface area contributed by atoms with Crippen LogP contribution >= 0.6 is 11.8 Å². The van der Waals surface area contributed by atoms with E-state index >= 15 is 0 Å². The first kappa shape index (κ1) is 25.7. The minimum Gasteiger partial charge on any atom is -0.480 e. The number of nitrogens with two attached hydrogens (primary N) is 2. The van der Waals surface area contributed by atoms with Crippen molar-refractivity contribution in [3.05, 3.63) is 0 Å². The van der Waals surface area contributed by atoms with E-state index in [-0.39, 0.29) is 12.8 Å². The van der Waals surface area contributed by atoms with Gasteiger partial charge in [-0.15, -0.1) is 0 Å². The normalized spacial score (nSPS) is 18.9. The molecule has 170 valence electrons. The van der Waals surface area contributed by atoms with Gasteiger partial charge in [0.25, 0.3) is 0 Å². The third-order valence-electron chi connectivity index (χ3n) is 4.84. The molecule has 0 radical (unpaired) electrons. The molecule has 0 aliphatic carbocycles. The van der Waals surface area contributed by atoms with Gasteiger partial charge in [-0.05, 0) is 44.6 Å². The number of primary amides is 1. The number of nitrogens with one attached hydrogen (secondary N) is 2. The molecule has 7 N–H and O–H groups in total. The number of thioether (sulfide) groups is 1. The number of nitrogens with zero attached hydrogens (tertiary/aromatic N) is 1. The lowest BCUT2D eigenvalue weighted by molar-refractivity contribution is -0.149. The van der Waals surface area contributed by atoms with E-state index in [9.17, 15) is 29.1 Å². The minimum atomic E-state index is -1.07. The number of likely N-dealkylation sites (tertiary alicyclic amines) is 1. The Morgan fingerprint density at radius 3 is 2.40 bits per heavy atom. The summed E-state index contributed by atoms with van der Waals surface area (Å²) in [6, 6.07) is -3.77. The van der Waals surface area contributed by atoms with Gasteiger partial charge >= 0.3 is 5.97 Å². The van der Waals surface area contributed by atoms with E-state index in [1.165, 1.54) is 23.6 Å². The highest BCUT2D eigenvalue weighted by atomic mass is 32.2. The summed E-state index contributed by atoms with van der Waals surface area (Å²) in [4.78, 5) is 61.0. The second-order valence-electron chi connectivity index (χ2n) is 7.21. The Kier molecular flexibility index (Phi) is 10.6. The number of amides is 4. The number of hydrogen-bond donors (Lipinski definition) is 5. The molecule has 0 aromatic heterocycles. The molecule has 1 aliphatic heterocycles. The molecule has 11 nitrogen and oxygen atoms in total. The molecule has 1 aliphatic rings. The van der Waals surface area contributed by atoms with Crippen LogP contribution in [0.1, 0.15) is 39.0 Å². The standard InChI is InChI=1S/C18H31N5O6S/c1-10(21-16(26)11(19)5-6-14(20)24)15(25)22-12(7-9-30-2)17(27)23-8-3-4-13(23)18(28)29/h10-13H,3-9,19H2,1-2H3,(H2,20,24)(H,21,26)(H,22,25)(H,28,29). The lowest BCUT2D eigenvalue weighted by atomic mass is 10.1. The lowest BCUT2D eigenvalue weighted by Gasteiger charge is -2.28. The molecule has 4 unspecified atom stereocenters. The molecule has 30 heavy (non-hydrogen) atoms. The fourth-order valence-corrected chi connectivity index (χ4v) is 3.56. The Labute approximate surface area is 179 Å². The van der Waals surface area contributed by atoms with Gasteiger partial charge < -0.3 is 32.1 Å². The number of hydrogen-bond acceptors (Lipinski definition) is 7. The van der Waals surface area contributed by atoms with E-state index in [0.717, 1.165) is 0 Å². The Hall–Kier alpha value is -2.34. The fraction of sp³-hybridized carbons (Fsp3) is 0.722. The summed E-state index contributed by atoms with van der Waals surface area (Å²) in [5.74, 6) is -2.71. The molecule has 4 amide bonds. The third-order valence-corrected chi connectivity index (χ3v) is 5.48. The van der Waals surface area contributed by atoms with Gasteiger partial charge in [-0.1, -0.05) is 0 Å². The molecule has 0 aromatic rings. The number of carboxylic acid groups (broad SMARTS) is 1. The zero-order chi connectivity index (χ0) is 22.8. The maximum absolute atomic E-state index is 12.9. The molecular weight excluding hydrogens is 414 g/mol. The van der Waals surface area contributed by atoms with Gasteiger partial charge in [0.05, 0.1) is 6.04 Å². The van der Waals surface area contributed by atoms with Crippen LogP contribution in [0.5, 0.6) is 0 Å². The van der Waals surface area contributed by atoms with Crippen molar-refractivity contribution >= 4 is 41.4 Å². The van der Waals surface area contributed by atoms with Gasteiger partial charge in [0.15, 0.2) is 0 Å². The summed E-state index contributed by atoms with van der Waals surface area (Å²) in [5, 5.41) is 14.4. The highest BCUT2D eigenvalue weighted by Gasteiger charge is 2.37. The van der Waals surface area contributed by atoms with E-state index in [2.05, 4.69) is 10.6 Å². The van der Waals surface area contributed by atoms with Gasteiger partial charge in [0.2, 0.25) is 23.6 Å². The van der Waals surface area contributed by atoms with Crippen molar-refractivity contribution in [3.63, 3.8) is 0 Å². The first-order chi connectivity index (χ1) is 14.1. The summed E-state index contributed by atoms with van der Waals surface area (Å²) in [7, 11) is 0. The summed E-state index contributed by atoms with van der Waals surface area (Å²) in [6.07, 6.45) is 3.14. The summed E-state index contributed by atoms with van der Waals surface area (Å²) in [5.41, 5.74) is 10.7. The van der Waals surface area contributed by atoms with Gasteiger partial charge in [0, 0.05) is 13.0 Å². The maximum atomic E-state index is 12.9. The molecule has 0 aromatic carbocycles. The van der Waals surface area contributed by atoms with Crippen LogP contribution in [-0.2, 0) is 24.0 Å². The van der Waals surface area contributed by atoms with Gasteiger partial charge in [0.1, 0.15) is 18.1 Å². The van der Waals surface area contributed by atoms with Crippen LogP contribution in [0.15, 0.2) is 0 Å². The van der Waals surface area contributed by atoms with Gasteiger partial charge in [-0.25, -0.2) is 4.79 Å². The SMILES string of the molecule is CSCCC(NC(=O)C(C)NC(=O)C(N)CCC(N)=O)C(=O)N1CCCC1C(=O)O. The number of rotatable bonds is 12. The van der Waals surface area contributed by atoms with Crippen molar-refractivity contribution in [1.29, 1.82) is 0 Å². The van der Waals surface area contributed by atoms with Crippen molar-refractivity contribution in [2.45, 2.75) is 63.2 Å². The van der Waals surface area contributed by atoms with Crippen LogP contribution in [0.4, 0.5) is 0 Å². The molecule has 12 heteroatoms. The average molecular weight is 446 g/mol. The van der Waals surface area contributed by atoms with Crippen molar-refractivity contribution in [2.75, 3.05) is 18.6 Å². The predicted molar refractivity (Wildman–Crippen MR) is 111 cm³/mol. The monoisotopic (exact) mass is 445 g/mol. The summed E-state index contributed by atoms with van der Waals surface area (Å²) >= 11 is 1.49. The average Bonchev–Trinajstić information content (AvgIpc) is 3.18. The van der Waals surface area contributed by atoms with Crippen molar-refractivity contribution in [3.8, 4) is 0 Å². The summed E-state index contributed by atoms with van der Waals surface area (Å²) < 4.78 is 0. The van der Waals surface area contributed by atoms with E-state index < -0.39 is 53.8 Å². The van der Waals surface area contributed by atoms with E-state index in [1.54, 1.807) is 0 Å². The molecule has 4 atom stereocenters. The van der Waals surface area contributed by atoms with E-state index in [4.69, 9.17) is 11.5 Å². The Morgan fingerprint density at radius 1 is 1.17 bits per heavy atom. The molecule has 0 spiro atoms. The fourth-order valence-electron chi connectivity index (χ4n) is 3.09. The number of carbonyl (C=O) groups excluding carboxylic acids is 4.